The van der Waals surface area contributed by atoms with E-state index in [0.29, 0.717) is 28.5 Å². The minimum atomic E-state index is -0.566. The molecular formula is C22H17ClFN3O2. The third-order valence-electron chi connectivity index (χ3n) is 4.78. The lowest BCUT2D eigenvalue weighted by atomic mass is 10.1. The van der Waals surface area contributed by atoms with Crippen LogP contribution in [0.2, 0.25) is 5.02 Å². The maximum Gasteiger partial charge on any atom is 0.260 e. The van der Waals surface area contributed by atoms with E-state index in [9.17, 15) is 14.0 Å². The highest BCUT2D eigenvalue weighted by molar-refractivity contribution is 6.30. The van der Waals surface area contributed by atoms with E-state index in [0.717, 1.165) is 5.56 Å². The van der Waals surface area contributed by atoms with Crippen LogP contribution in [0.3, 0.4) is 0 Å². The van der Waals surface area contributed by atoms with Gasteiger partial charge in [0.1, 0.15) is 5.82 Å². The molecule has 0 bridgehead atoms. The van der Waals surface area contributed by atoms with Crippen molar-refractivity contribution in [3.05, 3.63) is 94.5 Å². The topological polar surface area (TPSA) is 62.3 Å². The summed E-state index contributed by atoms with van der Waals surface area (Å²) in [6.07, 6.45) is 1.63. The number of nitrogens with zero attached hydrogens (tertiary/aromatic N) is 2. The first kappa shape index (κ1) is 19.1. The van der Waals surface area contributed by atoms with Crippen LogP contribution >= 0.6 is 11.6 Å². The van der Waals surface area contributed by atoms with Crippen molar-refractivity contribution in [1.82, 2.24) is 10.3 Å². The van der Waals surface area contributed by atoms with E-state index in [1.807, 2.05) is 12.1 Å². The maximum absolute atomic E-state index is 13.3. The summed E-state index contributed by atoms with van der Waals surface area (Å²) in [5.74, 6) is -0.882. The number of amides is 2. The number of aromatic nitrogens is 1. The summed E-state index contributed by atoms with van der Waals surface area (Å²) in [5, 5.41) is 3.45. The minimum Gasteiger partial charge on any atom is -0.352 e. The van der Waals surface area contributed by atoms with Crippen LogP contribution in [0.1, 0.15) is 34.1 Å². The van der Waals surface area contributed by atoms with E-state index in [2.05, 4.69) is 10.3 Å². The molecule has 2 amide bonds. The van der Waals surface area contributed by atoms with Crippen molar-refractivity contribution >= 4 is 29.1 Å². The predicted molar refractivity (Wildman–Crippen MR) is 108 cm³/mol. The summed E-state index contributed by atoms with van der Waals surface area (Å²) in [4.78, 5) is 31.4. The average molecular weight is 410 g/mol. The van der Waals surface area contributed by atoms with Crippen molar-refractivity contribution in [2.24, 2.45) is 0 Å². The largest absolute Gasteiger partial charge is 0.352 e. The summed E-state index contributed by atoms with van der Waals surface area (Å²) in [6, 6.07) is 15.7. The van der Waals surface area contributed by atoms with E-state index in [1.54, 1.807) is 30.5 Å². The Labute approximate surface area is 172 Å². The number of nitrogens with one attached hydrogen (secondary N) is 1. The first-order valence-electron chi connectivity index (χ1n) is 9.08. The highest BCUT2D eigenvalue weighted by Crippen LogP contribution is 2.38. The summed E-state index contributed by atoms with van der Waals surface area (Å²) >= 11 is 5.98. The fourth-order valence-corrected chi connectivity index (χ4v) is 3.65. The molecule has 4 rings (SSSR count). The van der Waals surface area contributed by atoms with Crippen molar-refractivity contribution in [2.75, 3.05) is 4.90 Å². The van der Waals surface area contributed by atoms with Crippen LogP contribution in [-0.4, -0.2) is 16.8 Å². The highest BCUT2D eigenvalue weighted by atomic mass is 35.5. The molecule has 1 atom stereocenters. The first-order valence-corrected chi connectivity index (χ1v) is 9.46. The Morgan fingerprint density at radius 3 is 2.69 bits per heavy atom. The molecule has 0 radical (unpaired) electrons. The van der Waals surface area contributed by atoms with Gasteiger partial charge in [-0.1, -0.05) is 23.7 Å². The summed E-state index contributed by atoms with van der Waals surface area (Å²) < 4.78 is 13.3. The number of hydrogen-bond donors (Lipinski definition) is 1. The fourth-order valence-electron chi connectivity index (χ4n) is 3.44. The van der Waals surface area contributed by atoms with Crippen LogP contribution in [0.4, 0.5) is 10.1 Å². The van der Waals surface area contributed by atoms with Gasteiger partial charge in [0.15, 0.2) is 0 Å². The third kappa shape index (κ3) is 3.98. The van der Waals surface area contributed by atoms with Gasteiger partial charge in [0.05, 0.1) is 23.7 Å². The summed E-state index contributed by atoms with van der Waals surface area (Å²) in [7, 11) is 0. The Morgan fingerprint density at radius 2 is 1.93 bits per heavy atom. The molecule has 29 heavy (non-hydrogen) atoms. The quantitative estimate of drug-likeness (QED) is 0.684. The lowest BCUT2D eigenvalue weighted by Gasteiger charge is -2.24. The van der Waals surface area contributed by atoms with Crippen molar-refractivity contribution in [3.63, 3.8) is 0 Å². The van der Waals surface area contributed by atoms with Crippen molar-refractivity contribution in [2.45, 2.75) is 19.0 Å². The van der Waals surface area contributed by atoms with Crippen molar-refractivity contribution in [3.8, 4) is 0 Å². The predicted octanol–water partition coefficient (Wildman–Crippen LogP) is 4.28. The molecule has 2 aromatic carbocycles. The van der Waals surface area contributed by atoms with Gasteiger partial charge >= 0.3 is 0 Å². The molecular weight excluding hydrogens is 393 g/mol. The van der Waals surface area contributed by atoms with E-state index in [4.69, 9.17) is 11.6 Å². The Bertz CT molecular complexity index is 1070. The van der Waals surface area contributed by atoms with Gasteiger partial charge in [-0.3, -0.25) is 19.5 Å². The molecule has 5 nitrogen and oxygen atoms in total. The molecule has 3 aromatic rings. The minimum absolute atomic E-state index is 0.0354. The van der Waals surface area contributed by atoms with Gasteiger partial charge in [-0.15, -0.1) is 0 Å². The first-order chi connectivity index (χ1) is 14.0. The molecule has 0 spiro atoms. The van der Waals surface area contributed by atoms with E-state index in [-0.39, 0.29) is 18.2 Å². The number of fused-ring (bicyclic) bond motifs is 1. The van der Waals surface area contributed by atoms with Crippen molar-refractivity contribution < 1.29 is 14.0 Å². The third-order valence-corrected chi connectivity index (χ3v) is 5.01. The highest BCUT2D eigenvalue weighted by Gasteiger charge is 2.39. The second kappa shape index (κ2) is 8.01. The molecule has 0 saturated carbocycles. The zero-order valence-electron chi connectivity index (χ0n) is 15.3. The zero-order chi connectivity index (χ0) is 20.4. The average Bonchev–Trinajstić information content (AvgIpc) is 2.99. The van der Waals surface area contributed by atoms with Crippen LogP contribution in [0, 0.1) is 5.82 Å². The van der Waals surface area contributed by atoms with E-state index >= 15 is 0 Å². The second-order valence-electron chi connectivity index (χ2n) is 6.71. The number of anilines is 1. The van der Waals surface area contributed by atoms with E-state index in [1.165, 1.54) is 29.2 Å². The molecule has 1 aliphatic rings. The SMILES string of the molecule is O=C(C[C@@H]1c2ncccc2C(=O)N1c1ccc(F)cc1)NCc1cccc(Cl)c1. The monoisotopic (exact) mass is 409 g/mol. The Hall–Kier alpha value is -3.25. The van der Waals surface area contributed by atoms with Crippen molar-refractivity contribution in [1.29, 1.82) is 0 Å². The van der Waals surface area contributed by atoms with Gasteiger partial charge < -0.3 is 5.32 Å². The number of carbonyl (C=O) groups is 2. The van der Waals surface area contributed by atoms with Gasteiger partial charge in [-0.25, -0.2) is 4.39 Å². The number of hydrogen-bond acceptors (Lipinski definition) is 3. The number of pyridine rings is 1. The van der Waals surface area contributed by atoms with Crippen LogP contribution in [0.5, 0.6) is 0 Å². The summed E-state index contributed by atoms with van der Waals surface area (Å²) in [6.45, 7) is 0.325. The molecule has 1 aliphatic heterocycles. The van der Waals surface area contributed by atoms with Gasteiger partial charge in [0.2, 0.25) is 5.91 Å². The second-order valence-corrected chi connectivity index (χ2v) is 7.15. The Kier molecular flexibility index (Phi) is 5.27. The van der Waals surface area contributed by atoms with Crippen LogP contribution in [-0.2, 0) is 11.3 Å². The molecule has 0 saturated heterocycles. The summed E-state index contributed by atoms with van der Waals surface area (Å²) in [5.41, 5.74) is 2.38. The smallest absolute Gasteiger partial charge is 0.260 e. The molecule has 0 aliphatic carbocycles. The van der Waals surface area contributed by atoms with Gasteiger partial charge in [-0.2, -0.15) is 0 Å². The lowest BCUT2D eigenvalue weighted by molar-refractivity contribution is -0.121. The molecule has 1 aromatic heterocycles. The molecule has 1 N–H and O–H groups in total. The molecule has 146 valence electrons. The lowest BCUT2D eigenvalue weighted by Crippen LogP contribution is -2.33. The number of benzene rings is 2. The Balaban J connectivity index is 1.56. The molecule has 2 heterocycles. The van der Waals surface area contributed by atoms with Crippen LogP contribution in [0.25, 0.3) is 0 Å². The van der Waals surface area contributed by atoms with Crippen LogP contribution in [0.15, 0.2) is 66.9 Å². The maximum atomic E-state index is 13.3. The molecule has 0 fully saturated rings. The standard InChI is InChI=1S/C22H17ClFN3O2/c23-15-4-1-3-14(11-15)13-26-20(28)12-19-21-18(5-2-10-25-21)22(29)27(19)17-8-6-16(24)7-9-17/h1-11,19H,12-13H2,(H,26,28)/t19-/m1/s1. The Morgan fingerprint density at radius 1 is 1.14 bits per heavy atom. The molecule has 0 unspecified atom stereocenters. The van der Waals surface area contributed by atoms with Crippen LogP contribution < -0.4 is 10.2 Å². The number of carbonyl (C=O) groups excluding carboxylic acids is 2. The normalized spacial score (nSPS) is 15.3. The molecule has 7 heteroatoms. The van der Waals surface area contributed by atoms with E-state index < -0.39 is 11.9 Å². The number of halogens is 2. The van der Waals surface area contributed by atoms with Gasteiger partial charge in [0, 0.05) is 23.5 Å². The van der Waals surface area contributed by atoms with Gasteiger partial charge in [-0.05, 0) is 54.1 Å². The fraction of sp³-hybridized carbons (Fsp3) is 0.136. The van der Waals surface area contributed by atoms with Gasteiger partial charge in [0.25, 0.3) is 5.91 Å². The number of rotatable bonds is 5. The zero-order valence-corrected chi connectivity index (χ0v) is 16.1.